The van der Waals surface area contributed by atoms with Crippen LogP contribution in [0, 0.1) is 20.8 Å². The van der Waals surface area contributed by atoms with Gasteiger partial charge in [0.2, 0.25) is 0 Å². The molecule has 2 aromatic carbocycles. The highest BCUT2D eigenvalue weighted by Crippen LogP contribution is 2.21. The van der Waals surface area contributed by atoms with E-state index in [0.717, 1.165) is 16.7 Å². The van der Waals surface area contributed by atoms with Crippen molar-refractivity contribution in [2.24, 2.45) is 0 Å². The largest absolute Gasteiger partial charge is 0.318 e. The number of hydrogen-bond donors (Lipinski definition) is 2. The SMILES string of the molecule is Cc1cc(C)c(NC(=O)C(=O)Nc2ccccc2)c(C)c1. The Morgan fingerprint density at radius 2 is 1.33 bits per heavy atom. The highest BCUT2D eigenvalue weighted by Gasteiger charge is 2.16. The number of carbonyl (C=O) groups excluding carboxylic acids is 2. The first-order valence-corrected chi connectivity index (χ1v) is 6.72. The minimum Gasteiger partial charge on any atom is -0.318 e. The smallest absolute Gasteiger partial charge is 0.314 e. The molecule has 0 saturated heterocycles. The van der Waals surface area contributed by atoms with Crippen molar-refractivity contribution in [1.82, 2.24) is 0 Å². The minimum atomic E-state index is -0.680. The van der Waals surface area contributed by atoms with Gasteiger partial charge in [-0.2, -0.15) is 0 Å². The summed E-state index contributed by atoms with van der Waals surface area (Å²) in [5.41, 5.74) is 4.28. The van der Waals surface area contributed by atoms with Gasteiger partial charge in [-0.1, -0.05) is 35.9 Å². The lowest BCUT2D eigenvalue weighted by Gasteiger charge is -2.12. The summed E-state index contributed by atoms with van der Waals surface area (Å²) in [5.74, 6) is -1.35. The van der Waals surface area contributed by atoms with Crippen LogP contribution in [0.15, 0.2) is 42.5 Å². The minimum absolute atomic E-state index is 0.593. The third kappa shape index (κ3) is 3.69. The van der Waals surface area contributed by atoms with Crippen LogP contribution in [-0.4, -0.2) is 11.8 Å². The van der Waals surface area contributed by atoms with Crippen molar-refractivity contribution in [2.45, 2.75) is 20.8 Å². The summed E-state index contributed by atoms with van der Waals surface area (Å²) in [6, 6.07) is 12.8. The Balaban J connectivity index is 2.10. The molecule has 0 heterocycles. The average molecular weight is 282 g/mol. The van der Waals surface area contributed by atoms with E-state index in [0.29, 0.717) is 11.4 Å². The highest BCUT2D eigenvalue weighted by atomic mass is 16.2. The lowest BCUT2D eigenvalue weighted by Crippen LogP contribution is -2.29. The molecule has 2 aromatic rings. The summed E-state index contributed by atoms with van der Waals surface area (Å²) in [5, 5.41) is 5.24. The Bertz CT molecular complexity index is 655. The molecule has 0 aliphatic rings. The number of nitrogens with one attached hydrogen (secondary N) is 2. The maximum absolute atomic E-state index is 12.0. The van der Waals surface area contributed by atoms with Crippen LogP contribution in [0.4, 0.5) is 11.4 Å². The van der Waals surface area contributed by atoms with Gasteiger partial charge in [-0.15, -0.1) is 0 Å². The first-order valence-electron chi connectivity index (χ1n) is 6.72. The summed E-state index contributed by atoms with van der Waals surface area (Å²) >= 11 is 0. The summed E-state index contributed by atoms with van der Waals surface area (Å²) in [7, 11) is 0. The summed E-state index contributed by atoms with van der Waals surface area (Å²) < 4.78 is 0. The van der Waals surface area contributed by atoms with Crippen molar-refractivity contribution in [1.29, 1.82) is 0 Å². The van der Waals surface area contributed by atoms with E-state index in [4.69, 9.17) is 0 Å². The van der Waals surface area contributed by atoms with E-state index in [2.05, 4.69) is 10.6 Å². The Kier molecular flexibility index (Phi) is 4.38. The molecule has 0 bridgehead atoms. The van der Waals surface area contributed by atoms with Gasteiger partial charge in [-0.25, -0.2) is 0 Å². The lowest BCUT2D eigenvalue weighted by atomic mass is 10.1. The Morgan fingerprint density at radius 1 is 0.810 bits per heavy atom. The van der Waals surface area contributed by atoms with Crippen LogP contribution in [0.2, 0.25) is 0 Å². The van der Waals surface area contributed by atoms with Gasteiger partial charge >= 0.3 is 11.8 Å². The van der Waals surface area contributed by atoms with Crippen molar-refractivity contribution in [2.75, 3.05) is 10.6 Å². The Labute approximate surface area is 124 Å². The fourth-order valence-electron chi connectivity index (χ4n) is 2.26. The zero-order valence-electron chi connectivity index (χ0n) is 12.4. The zero-order chi connectivity index (χ0) is 15.4. The molecule has 4 nitrogen and oxygen atoms in total. The predicted molar refractivity (Wildman–Crippen MR) is 84.4 cm³/mol. The van der Waals surface area contributed by atoms with Crippen LogP contribution in [-0.2, 0) is 9.59 Å². The maximum Gasteiger partial charge on any atom is 0.314 e. The fraction of sp³-hybridized carbons (Fsp3) is 0.176. The van der Waals surface area contributed by atoms with E-state index in [1.165, 1.54) is 0 Å². The molecule has 0 unspecified atom stereocenters. The first-order chi connectivity index (χ1) is 9.97. The molecule has 21 heavy (non-hydrogen) atoms. The average Bonchev–Trinajstić information content (AvgIpc) is 2.43. The number of anilines is 2. The van der Waals surface area contributed by atoms with E-state index in [-0.39, 0.29) is 0 Å². The van der Waals surface area contributed by atoms with Crippen molar-refractivity contribution in [3.63, 3.8) is 0 Å². The summed E-state index contributed by atoms with van der Waals surface area (Å²) in [6.45, 7) is 5.81. The molecule has 2 rings (SSSR count). The van der Waals surface area contributed by atoms with Gasteiger partial charge in [0.15, 0.2) is 0 Å². The number of aryl methyl sites for hydroxylation is 3. The number of hydrogen-bond acceptors (Lipinski definition) is 2. The maximum atomic E-state index is 12.0. The fourth-order valence-corrected chi connectivity index (χ4v) is 2.26. The van der Waals surface area contributed by atoms with Crippen molar-refractivity contribution < 1.29 is 9.59 Å². The quantitative estimate of drug-likeness (QED) is 0.831. The molecule has 0 aromatic heterocycles. The molecule has 2 N–H and O–H groups in total. The highest BCUT2D eigenvalue weighted by molar-refractivity contribution is 6.43. The molecule has 108 valence electrons. The number of carbonyl (C=O) groups is 2. The second-order valence-corrected chi connectivity index (χ2v) is 5.05. The predicted octanol–water partition coefficient (Wildman–Crippen LogP) is 3.19. The van der Waals surface area contributed by atoms with Crippen molar-refractivity contribution >= 4 is 23.2 Å². The topological polar surface area (TPSA) is 58.2 Å². The van der Waals surface area contributed by atoms with E-state index in [1.807, 2.05) is 39.0 Å². The molecular formula is C17H18N2O2. The van der Waals surface area contributed by atoms with Crippen LogP contribution in [0.3, 0.4) is 0 Å². The zero-order valence-corrected chi connectivity index (χ0v) is 12.4. The van der Waals surface area contributed by atoms with E-state index < -0.39 is 11.8 Å². The standard InChI is InChI=1S/C17H18N2O2/c1-11-9-12(2)15(13(3)10-11)19-17(21)16(20)18-14-7-5-4-6-8-14/h4-10H,1-3H3,(H,18,20)(H,19,21). The van der Waals surface area contributed by atoms with Crippen LogP contribution in [0.25, 0.3) is 0 Å². The number of amides is 2. The van der Waals surface area contributed by atoms with E-state index in [1.54, 1.807) is 24.3 Å². The van der Waals surface area contributed by atoms with Crippen LogP contribution >= 0.6 is 0 Å². The molecule has 0 spiro atoms. The van der Waals surface area contributed by atoms with Gasteiger partial charge in [-0.3, -0.25) is 9.59 Å². The van der Waals surface area contributed by atoms with E-state index in [9.17, 15) is 9.59 Å². The van der Waals surface area contributed by atoms with Crippen molar-refractivity contribution in [3.05, 3.63) is 59.2 Å². The second-order valence-electron chi connectivity index (χ2n) is 5.05. The summed E-state index contributed by atoms with van der Waals surface area (Å²) in [6.07, 6.45) is 0. The molecule has 2 amide bonds. The molecular weight excluding hydrogens is 264 g/mol. The number of para-hydroxylation sites is 1. The van der Waals surface area contributed by atoms with Crippen LogP contribution in [0.5, 0.6) is 0 Å². The van der Waals surface area contributed by atoms with Gasteiger partial charge in [0.05, 0.1) is 0 Å². The normalized spacial score (nSPS) is 10.0. The van der Waals surface area contributed by atoms with Crippen LogP contribution < -0.4 is 10.6 Å². The van der Waals surface area contributed by atoms with Gasteiger partial charge in [0.25, 0.3) is 0 Å². The van der Waals surface area contributed by atoms with Gasteiger partial charge in [0, 0.05) is 11.4 Å². The molecule has 0 atom stereocenters. The monoisotopic (exact) mass is 282 g/mol. The summed E-state index contributed by atoms with van der Waals surface area (Å²) in [4.78, 5) is 23.9. The number of rotatable bonds is 2. The van der Waals surface area contributed by atoms with Gasteiger partial charge in [0.1, 0.15) is 0 Å². The van der Waals surface area contributed by atoms with E-state index >= 15 is 0 Å². The number of benzene rings is 2. The Hall–Kier alpha value is -2.62. The van der Waals surface area contributed by atoms with Crippen molar-refractivity contribution in [3.8, 4) is 0 Å². The first kappa shape index (κ1) is 14.8. The molecule has 0 fully saturated rings. The second kappa shape index (κ2) is 6.22. The lowest BCUT2D eigenvalue weighted by molar-refractivity contribution is -0.133. The molecule has 0 saturated carbocycles. The third-order valence-electron chi connectivity index (χ3n) is 3.15. The third-order valence-corrected chi connectivity index (χ3v) is 3.15. The van der Waals surface area contributed by atoms with Gasteiger partial charge < -0.3 is 10.6 Å². The molecule has 0 aliphatic heterocycles. The Morgan fingerprint density at radius 3 is 1.90 bits per heavy atom. The molecule has 0 radical (unpaired) electrons. The molecule has 0 aliphatic carbocycles. The van der Waals surface area contributed by atoms with Gasteiger partial charge in [-0.05, 0) is 44.0 Å². The van der Waals surface area contributed by atoms with Crippen LogP contribution in [0.1, 0.15) is 16.7 Å². The molecule has 4 heteroatoms.